The van der Waals surface area contributed by atoms with Gasteiger partial charge in [-0.2, -0.15) is 0 Å². The topological polar surface area (TPSA) is 87.5 Å². The summed E-state index contributed by atoms with van der Waals surface area (Å²) in [5.41, 5.74) is 0.629. The highest BCUT2D eigenvalue weighted by atomic mass is 32.2. The molecule has 0 saturated heterocycles. The molecule has 0 aliphatic carbocycles. The fraction of sp³-hybridized carbons (Fsp3) is 0.250. The van der Waals surface area contributed by atoms with E-state index in [1.807, 2.05) is 6.92 Å². The van der Waals surface area contributed by atoms with Crippen molar-refractivity contribution in [3.8, 4) is 17.2 Å². The monoisotopic (exact) mass is 430 g/mol. The van der Waals surface area contributed by atoms with Gasteiger partial charge in [0.2, 0.25) is 12.7 Å². The van der Waals surface area contributed by atoms with Gasteiger partial charge >= 0.3 is 0 Å². The van der Waals surface area contributed by atoms with E-state index in [0.29, 0.717) is 33.9 Å². The van der Waals surface area contributed by atoms with Gasteiger partial charge in [-0.05, 0) is 43.3 Å². The van der Waals surface area contributed by atoms with E-state index in [-0.39, 0.29) is 24.3 Å². The van der Waals surface area contributed by atoms with Gasteiger partial charge in [0.05, 0.1) is 5.75 Å². The Morgan fingerprint density at radius 2 is 2.00 bits per heavy atom. The molecule has 8 nitrogen and oxygen atoms in total. The lowest BCUT2D eigenvalue weighted by Crippen LogP contribution is -2.14. The zero-order chi connectivity index (χ0) is 21.1. The summed E-state index contributed by atoms with van der Waals surface area (Å²) < 4.78 is 31.2. The van der Waals surface area contributed by atoms with Gasteiger partial charge in [-0.25, -0.2) is 4.39 Å². The van der Waals surface area contributed by atoms with E-state index in [0.717, 1.165) is 0 Å². The summed E-state index contributed by atoms with van der Waals surface area (Å²) in [6.07, 6.45) is -0.398. The van der Waals surface area contributed by atoms with E-state index in [2.05, 4.69) is 15.5 Å². The molecule has 2 aromatic carbocycles. The van der Waals surface area contributed by atoms with Crippen molar-refractivity contribution in [1.82, 2.24) is 14.8 Å². The van der Waals surface area contributed by atoms with Crippen LogP contribution in [0.25, 0.3) is 0 Å². The molecule has 0 radical (unpaired) electrons. The summed E-state index contributed by atoms with van der Waals surface area (Å²) in [6.45, 7) is 2.01. The number of fused-ring (bicyclic) bond motifs is 1. The van der Waals surface area contributed by atoms with Crippen molar-refractivity contribution in [3.05, 3.63) is 54.1 Å². The molecule has 1 amide bonds. The zero-order valence-electron chi connectivity index (χ0n) is 16.3. The predicted molar refractivity (Wildman–Crippen MR) is 108 cm³/mol. The zero-order valence-corrected chi connectivity index (χ0v) is 17.1. The van der Waals surface area contributed by atoms with E-state index in [4.69, 9.17) is 14.2 Å². The number of nitrogens with one attached hydrogen (secondary N) is 1. The van der Waals surface area contributed by atoms with Crippen LogP contribution in [0.2, 0.25) is 0 Å². The fourth-order valence-electron chi connectivity index (χ4n) is 2.88. The molecule has 1 N–H and O–H groups in total. The predicted octanol–water partition coefficient (Wildman–Crippen LogP) is 3.55. The standard InChI is InChI=1S/C20H19FN4O4S/c1-12(29-15-6-3-13(21)4-7-15)19-23-24-20(25(19)2)30-10-18(26)22-14-5-8-16-17(9-14)28-11-27-16/h3-9,12H,10-11H2,1-2H3,(H,22,26). The minimum Gasteiger partial charge on any atom is -0.483 e. The van der Waals surface area contributed by atoms with Crippen molar-refractivity contribution in [2.45, 2.75) is 18.2 Å². The van der Waals surface area contributed by atoms with Gasteiger partial charge in [-0.1, -0.05) is 11.8 Å². The first kappa shape index (κ1) is 20.0. The maximum Gasteiger partial charge on any atom is 0.234 e. The summed E-state index contributed by atoms with van der Waals surface area (Å²) in [5.74, 6) is 2.04. The number of carbonyl (C=O) groups is 1. The molecule has 1 aromatic heterocycles. The van der Waals surface area contributed by atoms with Crippen LogP contribution in [0.4, 0.5) is 10.1 Å². The number of rotatable bonds is 7. The van der Waals surface area contributed by atoms with Gasteiger partial charge in [0.25, 0.3) is 0 Å². The van der Waals surface area contributed by atoms with Gasteiger partial charge in [0.15, 0.2) is 28.6 Å². The highest BCUT2D eigenvalue weighted by Crippen LogP contribution is 2.34. The van der Waals surface area contributed by atoms with Gasteiger partial charge in [-0.15, -0.1) is 10.2 Å². The van der Waals surface area contributed by atoms with Gasteiger partial charge in [-0.3, -0.25) is 4.79 Å². The molecule has 3 aromatic rings. The van der Waals surface area contributed by atoms with Crippen LogP contribution in [-0.4, -0.2) is 33.2 Å². The average Bonchev–Trinajstić information content (AvgIpc) is 3.34. The SMILES string of the molecule is CC(Oc1ccc(F)cc1)c1nnc(SCC(=O)Nc2ccc3c(c2)OCO3)n1C. The van der Waals surface area contributed by atoms with Crippen molar-refractivity contribution < 1.29 is 23.4 Å². The number of amides is 1. The molecule has 10 heteroatoms. The van der Waals surface area contributed by atoms with Crippen LogP contribution >= 0.6 is 11.8 Å². The first-order valence-corrected chi connectivity index (χ1v) is 10.1. The molecule has 0 spiro atoms. The molecule has 2 heterocycles. The van der Waals surface area contributed by atoms with Crippen LogP contribution in [0.5, 0.6) is 17.2 Å². The molecular weight excluding hydrogens is 411 g/mol. The molecule has 30 heavy (non-hydrogen) atoms. The largest absolute Gasteiger partial charge is 0.483 e. The van der Waals surface area contributed by atoms with Crippen LogP contribution in [0.15, 0.2) is 47.6 Å². The second-order valence-electron chi connectivity index (χ2n) is 6.52. The lowest BCUT2D eigenvalue weighted by Gasteiger charge is -2.14. The Kier molecular flexibility index (Phi) is 5.75. The number of hydrogen-bond acceptors (Lipinski definition) is 7. The Morgan fingerprint density at radius 1 is 1.23 bits per heavy atom. The maximum atomic E-state index is 13.0. The summed E-state index contributed by atoms with van der Waals surface area (Å²) in [5, 5.41) is 11.7. The average molecular weight is 430 g/mol. The Balaban J connectivity index is 1.33. The number of benzene rings is 2. The van der Waals surface area contributed by atoms with Crippen molar-refractivity contribution in [2.24, 2.45) is 7.05 Å². The third kappa shape index (κ3) is 4.48. The van der Waals surface area contributed by atoms with Gasteiger partial charge in [0.1, 0.15) is 11.6 Å². The van der Waals surface area contributed by atoms with Crippen LogP contribution in [0.3, 0.4) is 0 Å². The normalized spacial score (nSPS) is 13.2. The van der Waals surface area contributed by atoms with Crippen LogP contribution in [-0.2, 0) is 11.8 Å². The third-order valence-electron chi connectivity index (χ3n) is 4.35. The second-order valence-corrected chi connectivity index (χ2v) is 7.46. The number of anilines is 1. The summed E-state index contributed by atoms with van der Waals surface area (Å²) in [4.78, 5) is 12.3. The van der Waals surface area contributed by atoms with Crippen molar-refractivity contribution in [1.29, 1.82) is 0 Å². The number of aromatic nitrogens is 3. The summed E-state index contributed by atoms with van der Waals surface area (Å²) in [6, 6.07) is 11.0. The van der Waals surface area contributed by atoms with Crippen LogP contribution in [0, 0.1) is 5.82 Å². The molecular formula is C20H19FN4O4S. The third-order valence-corrected chi connectivity index (χ3v) is 5.37. The number of ether oxygens (including phenoxy) is 3. The molecule has 0 fully saturated rings. The Hall–Kier alpha value is -3.27. The molecule has 1 atom stereocenters. The molecule has 1 aliphatic heterocycles. The van der Waals surface area contributed by atoms with Crippen LogP contribution in [0.1, 0.15) is 18.9 Å². The molecule has 0 bridgehead atoms. The van der Waals surface area contributed by atoms with E-state index in [1.165, 1.54) is 23.9 Å². The van der Waals surface area contributed by atoms with Crippen molar-refractivity contribution >= 4 is 23.4 Å². The molecule has 4 rings (SSSR count). The summed E-state index contributed by atoms with van der Waals surface area (Å²) >= 11 is 1.26. The van der Waals surface area contributed by atoms with E-state index in [9.17, 15) is 9.18 Å². The van der Waals surface area contributed by atoms with E-state index >= 15 is 0 Å². The molecule has 1 unspecified atom stereocenters. The Bertz CT molecular complexity index is 1060. The van der Waals surface area contributed by atoms with E-state index < -0.39 is 6.10 Å². The first-order valence-electron chi connectivity index (χ1n) is 9.13. The van der Waals surface area contributed by atoms with Crippen molar-refractivity contribution in [3.63, 3.8) is 0 Å². The first-order chi connectivity index (χ1) is 14.5. The highest BCUT2D eigenvalue weighted by Gasteiger charge is 2.19. The molecule has 1 aliphatic rings. The number of carbonyl (C=O) groups excluding carboxylic acids is 1. The Morgan fingerprint density at radius 3 is 2.80 bits per heavy atom. The number of halogens is 1. The molecule has 156 valence electrons. The fourth-order valence-corrected chi connectivity index (χ4v) is 3.60. The smallest absolute Gasteiger partial charge is 0.234 e. The van der Waals surface area contributed by atoms with Gasteiger partial charge < -0.3 is 24.1 Å². The number of hydrogen-bond donors (Lipinski definition) is 1. The molecule has 0 saturated carbocycles. The lowest BCUT2D eigenvalue weighted by molar-refractivity contribution is -0.113. The highest BCUT2D eigenvalue weighted by molar-refractivity contribution is 7.99. The minimum atomic E-state index is -0.398. The van der Waals surface area contributed by atoms with Crippen LogP contribution < -0.4 is 19.5 Å². The van der Waals surface area contributed by atoms with Crippen molar-refractivity contribution in [2.75, 3.05) is 17.9 Å². The number of nitrogens with zero attached hydrogens (tertiary/aromatic N) is 3. The van der Waals surface area contributed by atoms with Gasteiger partial charge in [0, 0.05) is 18.8 Å². The quantitative estimate of drug-likeness (QED) is 0.574. The second kappa shape index (κ2) is 8.62. The summed E-state index contributed by atoms with van der Waals surface area (Å²) in [7, 11) is 1.80. The maximum absolute atomic E-state index is 13.0. The van der Waals surface area contributed by atoms with E-state index in [1.54, 1.807) is 41.9 Å². The Labute approximate surface area is 176 Å². The number of thioether (sulfide) groups is 1. The minimum absolute atomic E-state index is 0.160. The lowest BCUT2D eigenvalue weighted by atomic mass is 10.3.